The molecule has 0 spiro atoms. The Morgan fingerprint density at radius 2 is 1.77 bits per heavy atom. The van der Waals surface area contributed by atoms with E-state index >= 15 is 0 Å². The number of carbonyl (C=O) groups excluding carboxylic acids is 1. The topological polar surface area (TPSA) is 47.8 Å². The molecule has 0 aliphatic carbocycles. The van der Waals surface area contributed by atoms with Gasteiger partial charge in [-0.3, -0.25) is 4.79 Å². The molecular weight excluding hydrogens is 318 g/mol. The van der Waals surface area contributed by atoms with E-state index in [-0.39, 0.29) is 11.2 Å². The zero-order valence-electron chi connectivity index (χ0n) is 11.3. The minimum atomic E-state index is -0.308. The van der Waals surface area contributed by atoms with E-state index in [1.54, 1.807) is 12.1 Å². The summed E-state index contributed by atoms with van der Waals surface area (Å²) in [5, 5.41) is 5.32. The summed E-state index contributed by atoms with van der Waals surface area (Å²) in [6, 6.07) is 16.9. The standard InChI is InChI=1S/C16H10ClN3OS/c17-12-8-6-10(7-9-12)13-15(21)20-16(22-13)18-14(19-20)11-4-2-1-3-5-11/h1-9,13H. The Hall–Kier alpha value is -2.11. The van der Waals surface area contributed by atoms with Gasteiger partial charge in [0.15, 0.2) is 11.0 Å². The fourth-order valence-corrected chi connectivity index (χ4v) is 3.54. The van der Waals surface area contributed by atoms with Gasteiger partial charge in [0.1, 0.15) is 5.25 Å². The van der Waals surface area contributed by atoms with Gasteiger partial charge in [-0.05, 0) is 17.7 Å². The molecule has 1 atom stereocenters. The Labute approximate surface area is 136 Å². The maximum absolute atomic E-state index is 12.5. The monoisotopic (exact) mass is 327 g/mol. The molecule has 0 fully saturated rings. The number of rotatable bonds is 2. The quantitative estimate of drug-likeness (QED) is 0.711. The predicted octanol–water partition coefficient (Wildman–Crippen LogP) is 4.09. The van der Waals surface area contributed by atoms with Gasteiger partial charge in [0.05, 0.1) is 0 Å². The molecule has 2 aromatic carbocycles. The molecular formula is C16H10ClN3OS. The fraction of sp³-hybridized carbons (Fsp3) is 0.0625. The molecule has 108 valence electrons. The van der Waals surface area contributed by atoms with Gasteiger partial charge in [-0.25, -0.2) is 4.98 Å². The lowest BCUT2D eigenvalue weighted by atomic mass is 10.1. The number of fused-ring (bicyclic) bond motifs is 1. The molecule has 1 unspecified atom stereocenters. The van der Waals surface area contributed by atoms with Gasteiger partial charge < -0.3 is 0 Å². The molecule has 0 amide bonds. The number of benzene rings is 2. The highest BCUT2D eigenvalue weighted by molar-refractivity contribution is 8.00. The smallest absolute Gasteiger partial charge is 0.267 e. The van der Waals surface area contributed by atoms with Gasteiger partial charge in [0.25, 0.3) is 5.91 Å². The van der Waals surface area contributed by atoms with Crippen molar-refractivity contribution in [2.75, 3.05) is 0 Å². The minimum Gasteiger partial charge on any atom is -0.271 e. The van der Waals surface area contributed by atoms with Gasteiger partial charge in [-0.2, -0.15) is 4.68 Å². The van der Waals surface area contributed by atoms with Crippen molar-refractivity contribution in [3.8, 4) is 11.4 Å². The van der Waals surface area contributed by atoms with E-state index in [1.165, 1.54) is 16.4 Å². The molecule has 0 saturated heterocycles. The molecule has 0 N–H and O–H groups in total. The summed E-state index contributed by atoms with van der Waals surface area (Å²) in [6.45, 7) is 0. The Bertz CT molecular complexity index is 846. The van der Waals surface area contributed by atoms with Crippen LogP contribution in [0.1, 0.15) is 15.6 Å². The summed E-state index contributed by atoms with van der Waals surface area (Å²) in [5.41, 5.74) is 1.81. The van der Waals surface area contributed by atoms with E-state index in [1.807, 2.05) is 42.5 Å². The number of hydrogen-bond donors (Lipinski definition) is 0. The van der Waals surface area contributed by atoms with Crippen LogP contribution in [0.4, 0.5) is 0 Å². The lowest BCUT2D eigenvalue weighted by Crippen LogP contribution is -2.13. The van der Waals surface area contributed by atoms with Crippen LogP contribution >= 0.6 is 23.4 Å². The minimum absolute atomic E-state index is 0.0722. The first-order valence-corrected chi connectivity index (χ1v) is 7.97. The molecule has 1 aromatic heterocycles. The van der Waals surface area contributed by atoms with E-state index in [2.05, 4.69) is 10.1 Å². The van der Waals surface area contributed by atoms with Crippen LogP contribution in [0.15, 0.2) is 59.8 Å². The third-order valence-corrected chi connectivity index (χ3v) is 4.88. The van der Waals surface area contributed by atoms with E-state index in [9.17, 15) is 4.79 Å². The summed E-state index contributed by atoms with van der Waals surface area (Å²) < 4.78 is 1.40. The van der Waals surface area contributed by atoms with Gasteiger partial charge >= 0.3 is 0 Å². The van der Waals surface area contributed by atoms with E-state index < -0.39 is 0 Å². The number of nitrogens with zero attached hydrogens (tertiary/aromatic N) is 3. The van der Waals surface area contributed by atoms with Gasteiger partial charge in [0.2, 0.25) is 0 Å². The van der Waals surface area contributed by atoms with E-state index in [4.69, 9.17) is 11.6 Å². The molecule has 4 nitrogen and oxygen atoms in total. The summed E-state index contributed by atoms with van der Waals surface area (Å²) in [5.74, 6) is 0.503. The molecule has 3 aromatic rings. The highest BCUT2D eigenvalue weighted by atomic mass is 35.5. The second-order valence-corrected chi connectivity index (χ2v) is 6.39. The Balaban J connectivity index is 1.66. The summed E-state index contributed by atoms with van der Waals surface area (Å²) >= 11 is 7.31. The van der Waals surface area contributed by atoms with Crippen LogP contribution in [0.25, 0.3) is 11.4 Å². The normalized spacial score (nSPS) is 16.8. The molecule has 6 heteroatoms. The van der Waals surface area contributed by atoms with Gasteiger partial charge in [-0.15, -0.1) is 5.10 Å². The van der Waals surface area contributed by atoms with Gasteiger partial charge in [-0.1, -0.05) is 65.8 Å². The Morgan fingerprint density at radius 3 is 2.45 bits per heavy atom. The molecule has 1 aliphatic rings. The average Bonchev–Trinajstić information content (AvgIpc) is 3.09. The van der Waals surface area contributed by atoms with Crippen LogP contribution in [0.5, 0.6) is 0 Å². The van der Waals surface area contributed by atoms with Crippen molar-refractivity contribution in [2.45, 2.75) is 10.4 Å². The second kappa shape index (κ2) is 5.26. The van der Waals surface area contributed by atoms with E-state index in [0.29, 0.717) is 16.0 Å². The van der Waals surface area contributed by atoms with Crippen LogP contribution in [-0.2, 0) is 0 Å². The number of hydrogen-bond acceptors (Lipinski definition) is 4. The van der Waals surface area contributed by atoms with Crippen molar-refractivity contribution in [3.63, 3.8) is 0 Å². The first kappa shape index (κ1) is 13.5. The first-order chi connectivity index (χ1) is 10.7. The molecule has 0 bridgehead atoms. The van der Waals surface area contributed by atoms with Crippen LogP contribution in [-0.4, -0.2) is 20.7 Å². The van der Waals surface area contributed by atoms with Crippen molar-refractivity contribution >= 4 is 29.3 Å². The largest absolute Gasteiger partial charge is 0.271 e. The summed E-state index contributed by atoms with van der Waals surface area (Å²) in [7, 11) is 0. The molecule has 2 heterocycles. The fourth-order valence-electron chi connectivity index (χ4n) is 2.34. The molecule has 22 heavy (non-hydrogen) atoms. The lowest BCUT2D eigenvalue weighted by Gasteiger charge is -2.06. The average molecular weight is 328 g/mol. The second-order valence-electron chi connectivity index (χ2n) is 4.88. The van der Waals surface area contributed by atoms with Crippen LogP contribution < -0.4 is 0 Å². The summed E-state index contributed by atoms with van der Waals surface area (Å²) in [6.07, 6.45) is 0. The van der Waals surface area contributed by atoms with E-state index in [0.717, 1.165) is 11.1 Å². The summed E-state index contributed by atoms with van der Waals surface area (Å²) in [4.78, 5) is 17.0. The maximum atomic E-state index is 12.5. The zero-order valence-corrected chi connectivity index (χ0v) is 12.9. The number of carbonyl (C=O) groups is 1. The van der Waals surface area contributed by atoms with Gasteiger partial charge in [0, 0.05) is 10.6 Å². The van der Waals surface area contributed by atoms with Crippen molar-refractivity contribution in [1.82, 2.24) is 14.8 Å². The molecule has 1 aliphatic heterocycles. The SMILES string of the molecule is O=C1C(c2ccc(Cl)cc2)Sc2nc(-c3ccccc3)nn21. The number of thioether (sulfide) groups is 1. The zero-order chi connectivity index (χ0) is 15.1. The van der Waals surface area contributed by atoms with Crippen molar-refractivity contribution in [2.24, 2.45) is 0 Å². The Morgan fingerprint density at radius 1 is 1.05 bits per heavy atom. The predicted molar refractivity (Wildman–Crippen MR) is 86.1 cm³/mol. The highest BCUT2D eigenvalue weighted by Gasteiger charge is 2.35. The maximum Gasteiger partial charge on any atom is 0.267 e. The van der Waals surface area contributed by atoms with Crippen molar-refractivity contribution in [3.05, 3.63) is 65.2 Å². The van der Waals surface area contributed by atoms with Crippen molar-refractivity contribution in [1.29, 1.82) is 0 Å². The Kier molecular flexibility index (Phi) is 3.24. The molecule has 0 saturated carbocycles. The number of halogens is 1. The lowest BCUT2D eigenvalue weighted by molar-refractivity contribution is 0.0893. The van der Waals surface area contributed by atoms with Crippen LogP contribution in [0.3, 0.4) is 0 Å². The molecule has 0 radical (unpaired) electrons. The van der Waals surface area contributed by atoms with Crippen LogP contribution in [0.2, 0.25) is 5.02 Å². The third-order valence-electron chi connectivity index (χ3n) is 3.44. The van der Waals surface area contributed by atoms with Crippen LogP contribution in [0, 0.1) is 0 Å². The van der Waals surface area contributed by atoms with Crippen molar-refractivity contribution < 1.29 is 4.79 Å². The third kappa shape index (κ3) is 2.23. The highest BCUT2D eigenvalue weighted by Crippen LogP contribution is 2.42. The molecule has 4 rings (SSSR count). The number of aromatic nitrogens is 3. The first-order valence-electron chi connectivity index (χ1n) is 6.71.